The Morgan fingerprint density at radius 3 is 2.25 bits per heavy atom. The second-order valence-electron chi connectivity index (χ2n) is 1.35. The second kappa shape index (κ2) is 4.18. The predicted molar refractivity (Wildman–Crippen MR) is 29.0 cm³/mol. The van der Waals surface area contributed by atoms with Gasteiger partial charge in [0.05, 0.1) is 12.7 Å². The first-order chi connectivity index (χ1) is 3.66. The summed E-state index contributed by atoms with van der Waals surface area (Å²) in [6.45, 7) is 1.35. The van der Waals surface area contributed by atoms with Crippen LogP contribution < -0.4 is 0 Å². The quantitative estimate of drug-likeness (QED) is 0.466. The van der Waals surface area contributed by atoms with Crippen molar-refractivity contribution in [2.24, 2.45) is 0 Å². The molecule has 0 aliphatic carbocycles. The van der Waals surface area contributed by atoms with E-state index < -0.39 is 14.7 Å². The topological polar surface area (TPSA) is 69.9 Å². The first kappa shape index (κ1) is 8.27. The van der Waals surface area contributed by atoms with Crippen molar-refractivity contribution in [1.29, 1.82) is 0 Å². The number of hydrogen-bond acceptors (Lipinski definition) is 4. The van der Waals surface area contributed by atoms with Crippen LogP contribution in [0.15, 0.2) is 0 Å². The van der Waals surface area contributed by atoms with Gasteiger partial charge >= 0.3 is 8.60 Å². The highest BCUT2D eigenvalue weighted by atomic mass is 31.2. The van der Waals surface area contributed by atoms with Crippen molar-refractivity contribution in [3.63, 3.8) is 0 Å². The third-order valence-corrected chi connectivity index (χ3v) is 1.08. The SMILES string of the molecule is CC(CO)OP(O)O. The van der Waals surface area contributed by atoms with Crippen molar-refractivity contribution in [3.05, 3.63) is 0 Å². The number of aliphatic hydroxyl groups is 1. The van der Waals surface area contributed by atoms with Gasteiger partial charge in [-0.05, 0) is 6.92 Å². The highest BCUT2D eigenvalue weighted by Gasteiger charge is 2.05. The van der Waals surface area contributed by atoms with E-state index in [0.717, 1.165) is 0 Å². The fourth-order valence-electron chi connectivity index (χ4n) is 0.194. The third-order valence-electron chi connectivity index (χ3n) is 0.531. The van der Waals surface area contributed by atoms with Crippen molar-refractivity contribution in [2.75, 3.05) is 6.61 Å². The van der Waals surface area contributed by atoms with Gasteiger partial charge in [-0.3, -0.25) is 0 Å². The number of rotatable bonds is 3. The van der Waals surface area contributed by atoms with E-state index in [4.69, 9.17) is 14.9 Å². The zero-order valence-corrected chi connectivity index (χ0v) is 5.38. The Balaban J connectivity index is 3.10. The minimum Gasteiger partial charge on any atom is -0.394 e. The molecule has 0 rings (SSSR count). The van der Waals surface area contributed by atoms with Crippen LogP contribution in [0.3, 0.4) is 0 Å². The Labute approximate surface area is 48.7 Å². The molecule has 0 bridgehead atoms. The monoisotopic (exact) mass is 140 g/mol. The van der Waals surface area contributed by atoms with E-state index in [1.165, 1.54) is 0 Å². The summed E-state index contributed by atoms with van der Waals surface area (Å²) in [7, 11) is -2.31. The van der Waals surface area contributed by atoms with Crippen LogP contribution in [0.2, 0.25) is 0 Å². The highest BCUT2D eigenvalue weighted by Crippen LogP contribution is 2.26. The van der Waals surface area contributed by atoms with Gasteiger partial charge in [-0.15, -0.1) is 0 Å². The smallest absolute Gasteiger partial charge is 0.327 e. The summed E-state index contributed by atoms with van der Waals surface area (Å²) in [6, 6.07) is 0. The normalized spacial score (nSPS) is 14.6. The molecule has 0 aromatic rings. The molecule has 1 unspecified atom stereocenters. The molecule has 50 valence electrons. The lowest BCUT2D eigenvalue weighted by Crippen LogP contribution is -2.09. The Bertz CT molecular complexity index is 57.2. The van der Waals surface area contributed by atoms with Crippen LogP contribution in [-0.2, 0) is 4.52 Å². The van der Waals surface area contributed by atoms with Crippen LogP contribution in [-0.4, -0.2) is 27.6 Å². The number of aliphatic hydroxyl groups excluding tert-OH is 1. The van der Waals surface area contributed by atoms with Gasteiger partial charge in [-0.1, -0.05) is 0 Å². The highest BCUT2D eigenvalue weighted by molar-refractivity contribution is 7.39. The summed E-state index contributed by atoms with van der Waals surface area (Å²) in [5, 5.41) is 8.25. The zero-order chi connectivity index (χ0) is 6.57. The van der Waals surface area contributed by atoms with Gasteiger partial charge in [0.1, 0.15) is 0 Å². The Kier molecular flexibility index (Phi) is 4.32. The molecule has 0 aromatic heterocycles. The molecule has 0 heterocycles. The summed E-state index contributed by atoms with van der Waals surface area (Å²) in [5.74, 6) is 0. The summed E-state index contributed by atoms with van der Waals surface area (Å²) in [4.78, 5) is 16.3. The van der Waals surface area contributed by atoms with Gasteiger partial charge in [0.15, 0.2) is 0 Å². The Morgan fingerprint density at radius 2 is 2.12 bits per heavy atom. The first-order valence-corrected chi connectivity index (χ1v) is 3.29. The molecule has 0 radical (unpaired) electrons. The van der Waals surface area contributed by atoms with Crippen molar-refractivity contribution < 1.29 is 19.4 Å². The van der Waals surface area contributed by atoms with Crippen molar-refractivity contribution in [1.82, 2.24) is 0 Å². The molecule has 0 amide bonds. The fourth-order valence-corrected chi connectivity index (χ4v) is 0.583. The molecule has 4 nitrogen and oxygen atoms in total. The van der Waals surface area contributed by atoms with Crippen molar-refractivity contribution >= 4 is 8.60 Å². The van der Waals surface area contributed by atoms with E-state index in [9.17, 15) is 0 Å². The van der Waals surface area contributed by atoms with Crippen molar-refractivity contribution in [3.8, 4) is 0 Å². The Morgan fingerprint density at radius 1 is 1.62 bits per heavy atom. The third kappa shape index (κ3) is 4.43. The van der Waals surface area contributed by atoms with Crippen LogP contribution in [0.4, 0.5) is 0 Å². The van der Waals surface area contributed by atoms with Gasteiger partial charge in [-0.25, -0.2) is 0 Å². The fraction of sp³-hybridized carbons (Fsp3) is 1.00. The maximum Gasteiger partial charge on any atom is 0.327 e. The minimum atomic E-state index is -2.31. The standard InChI is InChI=1S/C3H9O4P/c1-3(2-4)7-8(5)6/h3-6H,2H2,1H3. The lowest BCUT2D eigenvalue weighted by atomic mass is 10.5. The average molecular weight is 140 g/mol. The molecule has 0 fully saturated rings. The van der Waals surface area contributed by atoms with E-state index in [1.54, 1.807) is 6.92 Å². The van der Waals surface area contributed by atoms with Gasteiger partial charge in [0, 0.05) is 0 Å². The maximum absolute atomic E-state index is 8.25. The van der Waals surface area contributed by atoms with Gasteiger partial charge in [0.25, 0.3) is 0 Å². The first-order valence-electron chi connectivity index (χ1n) is 2.12. The molecule has 0 aliphatic heterocycles. The molecule has 0 aromatic carbocycles. The lowest BCUT2D eigenvalue weighted by Gasteiger charge is -2.07. The van der Waals surface area contributed by atoms with Crippen LogP contribution in [0.5, 0.6) is 0 Å². The Hall–Kier alpha value is 0.270. The molecule has 8 heavy (non-hydrogen) atoms. The molecule has 0 aliphatic rings. The minimum absolute atomic E-state index is 0.194. The van der Waals surface area contributed by atoms with E-state index >= 15 is 0 Å². The summed E-state index contributed by atoms with van der Waals surface area (Å²) < 4.78 is 4.33. The van der Waals surface area contributed by atoms with Gasteiger partial charge in [0.2, 0.25) is 0 Å². The van der Waals surface area contributed by atoms with Gasteiger partial charge in [-0.2, -0.15) is 0 Å². The average Bonchev–Trinajstić information content (AvgIpc) is 1.65. The number of hydrogen-bond donors (Lipinski definition) is 3. The molecule has 0 saturated heterocycles. The molecule has 3 N–H and O–H groups in total. The predicted octanol–water partition coefficient (Wildman–Crippen LogP) is -0.405. The lowest BCUT2D eigenvalue weighted by molar-refractivity contribution is 0.114. The molecule has 5 heteroatoms. The summed E-state index contributed by atoms with van der Waals surface area (Å²) in [5.41, 5.74) is 0. The maximum atomic E-state index is 8.25. The van der Waals surface area contributed by atoms with E-state index in [1.807, 2.05) is 0 Å². The van der Waals surface area contributed by atoms with E-state index in [0.29, 0.717) is 0 Å². The van der Waals surface area contributed by atoms with Crippen LogP contribution in [0.1, 0.15) is 6.92 Å². The molecule has 0 spiro atoms. The van der Waals surface area contributed by atoms with Crippen LogP contribution >= 0.6 is 8.60 Å². The largest absolute Gasteiger partial charge is 0.394 e. The van der Waals surface area contributed by atoms with Crippen molar-refractivity contribution in [2.45, 2.75) is 13.0 Å². The zero-order valence-electron chi connectivity index (χ0n) is 4.48. The second-order valence-corrected chi connectivity index (χ2v) is 2.07. The van der Waals surface area contributed by atoms with Gasteiger partial charge < -0.3 is 19.4 Å². The van der Waals surface area contributed by atoms with Crippen LogP contribution in [0.25, 0.3) is 0 Å². The molecular weight excluding hydrogens is 131 g/mol. The van der Waals surface area contributed by atoms with E-state index in [2.05, 4.69) is 4.52 Å². The van der Waals surface area contributed by atoms with Crippen LogP contribution in [0, 0.1) is 0 Å². The summed E-state index contributed by atoms with van der Waals surface area (Å²) in [6.07, 6.45) is -0.490. The molecule has 0 saturated carbocycles. The molecular formula is C3H9O4P. The van der Waals surface area contributed by atoms with E-state index in [-0.39, 0.29) is 6.61 Å². The summed E-state index contributed by atoms with van der Waals surface area (Å²) >= 11 is 0. The molecule has 1 atom stereocenters.